The number of H-pyrrole nitrogens is 1. The van der Waals surface area contributed by atoms with Crippen molar-refractivity contribution in [2.24, 2.45) is 0 Å². The molecule has 100 valence electrons. The number of fused-ring (bicyclic) bond motifs is 1. The summed E-state index contributed by atoms with van der Waals surface area (Å²) in [6, 6.07) is 3.58. The number of aryl methyl sites for hydroxylation is 1. The van der Waals surface area contributed by atoms with Crippen molar-refractivity contribution in [2.75, 3.05) is 0 Å². The van der Waals surface area contributed by atoms with E-state index in [0.717, 1.165) is 18.5 Å². The molecule has 0 aromatic carbocycles. The van der Waals surface area contributed by atoms with Gasteiger partial charge in [0.1, 0.15) is 5.69 Å². The Kier molecular flexibility index (Phi) is 2.55. The van der Waals surface area contributed by atoms with Gasteiger partial charge in [-0.05, 0) is 37.8 Å². The fourth-order valence-corrected chi connectivity index (χ4v) is 2.50. The van der Waals surface area contributed by atoms with Crippen molar-refractivity contribution in [3.05, 3.63) is 29.6 Å². The Morgan fingerprint density at radius 1 is 1.20 bits per heavy atom. The molecule has 1 aliphatic carbocycles. The number of nitrogens with one attached hydrogen (secondary N) is 1. The van der Waals surface area contributed by atoms with Gasteiger partial charge >= 0.3 is 0 Å². The van der Waals surface area contributed by atoms with Crippen molar-refractivity contribution in [1.29, 1.82) is 0 Å². The van der Waals surface area contributed by atoms with Crippen LogP contribution in [0.4, 0.5) is 0 Å². The molecular formula is C13H12N6O. The van der Waals surface area contributed by atoms with Crippen LogP contribution < -0.4 is 0 Å². The lowest BCUT2D eigenvalue weighted by Crippen LogP contribution is -2.01. The molecule has 3 aromatic rings. The Balaban J connectivity index is 1.74. The summed E-state index contributed by atoms with van der Waals surface area (Å²) in [4.78, 5) is 4.37. The summed E-state index contributed by atoms with van der Waals surface area (Å²) in [5.74, 6) is 0.866. The van der Waals surface area contributed by atoms with E-state index in [1.807, 2.05) is 0 Å². The van der Waals surface area contributed by atoms with E-state index in [1.54, 1.807) is 18.3 Å². The predicted octanol–water partition coefficient (Wildman–Crippen LogP) is 1.80. The van der Waals surface area contributed by atoms with Crippen LogP contribution in [0, 0.1) is 0 Å². The Morgan fingerprint density at radius 2 is 2.15 bits per heavy atom. The van der Waals surface area contributed by atoms with Gasteiger partial charge in [-0.3, -0.25) is 5.10 Å². The predicted molar refractivity (Wildman–Crippen MR) is 69.5 cm³/mol. The topological polar surface area (TPSA) is 93.4 Å². The number of aromatic nitrogens is 6. The molecule has 0 fully saturated rings. The highest BCUT2D eigenvalue weighted by Gasteiger charge is 2.22. The number of aromatic amines is 1. The van der Waals surface area contributed by atoms with Gasteiger partial charge in [0.05, 0.1) is 0 Å². The van der Waals surface area contributed by atoms with Crippen molar-refractivity contribution in [3.8, 4) is 23.1 Å². The first-order chi connectivity index (χ1) is 9.92. The maximum atomic E-state index is 5.32. The van der Waals surface area contributed by atoms with E-state index in [1.165, 1.54) is 24.1 Å². The molecule has 3 aromatic heterocycles. The number of rotatable bonds is 2. The fourth-order valence-electron chi connectivity index (χ4n) is 2.50. The quantitative estimate of drug-likeness (QED) is 0.761. The average Bonchev–Trinajstić information content (AvgIpc) is 3.14. The summed E-state index contributed by atoms with van der Waals surface area (Å²) in [5, 5.41) is 19.1. The van der Waals surface area contributed by atoms with Crippen molar-refractivity contribution in [1.82, 2.24) is 30.5 Å². The van der Waals surface area contributed by atoms with Crippen molar-refractivity contribution >= 4 is 0 Å². The zero-order chi connectivity index (χ0) is 13.4. The van der Waals surface area contributed by atoms with E-state index in [9.17, 15) is 0 Å². The Labute approximate surface area is 114 Å². The minimum Gasteiger partial charge on any atom is -0.332 e. The molecule has 7 heteroatoms. The van der Waals surface area contributed by atoms with Crippen LogP contribution in [0.2, 0.25) is 0 Å². The standard InChI is InChI=1S/C13H12N6O/c1-2-5-9-8(4-1)11(18-17-9)13-15-12(19-20-13)10-6-3-7-14-16-10/h3,6-7H,1-2,4-5H2,(H,17,18). The maximum absolute atomic E-state index is 5.32. The Hall–Kier alpha value is -2.57. The summed E-state index contributed by atoms with van der Waals surface area (Å²) >= 11 is 0. The molecule has 7 nitrogen and oxygen atoms in total. The van der Waals surface area contributed by atoms with Crippen molar-refractivity contribution in [2.45, 2.75) is 25.7 Å². The number of hydrogen-bond donors (Lipinski definition) is 1. The van der Waals surface area contributed by atoms with Crippen molar-refractivity contribution in [3.63, 3.8) is 0 Å². The first kappa shape index (κ1) is 11.3. The molecule has 0 unspecified atom stereocenters. The molecule has 0 spiro atoms. The van der Waals surface area contributed by atoms with Gasteiger partial charge in [-0.1, -0.05) is 5.16 Å². The van der Waals surface area contributed by atoms with Crippen LogP contribution in [-0.2, 0) is 12.8 Å². The van der Waals surface area contributed by atoms with Gasteiger partial charge in [-0.2, -0.15) is 15.2 Å². The van der Waals surface area contributed by atoms with Crippen LogP contribution >= 0.6 is 0 Å². The van der Waals surface area contributed by atoms with Crippen LogP contribution in [0.1, 0.15) is 24.1 Å². The fraction of sp³-hybridized carbons (Fsp3) is 0.308. The van der Waals surface area contributed by atoms with Gasteiger partial charge < -0.3 is 4.52 Å². The Bertz CT molecular complexity index is 732. The number of hydrogen-bond acceptors (Lipinski definition) is 6. The average molecular weight is 268 g/mol. The minimum absolute atomic E-state index is 0.431. The maximum Gasteiger partial charge on any atom is 0.279 e. The normalized spacial score (nSPS) is 14.2. The van der Waals surface area contributed by atoms with E-state index in [-0.39, 0.29) is 0 Å². The second-order valence-electron chi connectivity index (χ2n) is 4.77. The number of nitrogens with zero attached hydrogens (tertiary/aromatic N) is 5. The molecule has 0 atom stereocenters. The molecule has 1 aliphatic rings. The summed E-state index contributed by atoms with van der Waals surface area (Å²) in [7, 11) is 0. The highest BCUT2D eigenvalue weighted by molar-refractivity contribution is 5.58. The molecule has 0 amide bonds. The largest absolute Gasteiger partial charge is 0.332 e. The van der Waals surface area contributed by atoms with Crippen LogP contribution in [0.15, 0.2) is 22.9 Å². The highest BCUT2D eigenvalue weighted by atomic mass is 16.5. The van der Waals surface area contributed by atoms with Gasteiger partial charge in [0.25, 0.3) is 5.89 Å². The third kappa shape index (κ3) is 1.78. The smallest absolute Gasteiger partial charge is 0.279 e. The van der Waals surface area contributed by atoms with E-state index >= 15 is 0 Å². The van der Waals surface area contributed by atoms with Crippen LogP contribution in [0.3, 0.4) is 0 Å². The zero-order valence-corrected chi connectivity index (χ0v) is 10.7. The monoisotopic (exact) mass is 268 g/mol. The second-order valence-corrected chi connectivity index (χ2v) is 4.77. The first-order valence-corrected chi connectivity index (χ1v) is 6.60. The molecule has 0 saturated carbocycles. The summed E-state index contributed by atoms with van der Waals surface area (Å²) in [6.07, 6.45) is 6.01. The van der Waals surface area contributed by atoms with Gasteiger partial charge in [0.15, 0.2) is 5.69 Å². The SMILES string of the molecule is c1cnnc(-c2noc(-c3n[nH]c4c3CCCC4)n2)c1. The molecule has 0 radical (unpaired) electrons. The Morgan fingerprint density at radius 3 is 3.05 bits per heavy atom. The molecule has 1 N–H and O–H groups in total. The van der Waals surface area contributed by atoms with Gasteiger partial charge in [0.2, 0.25) is 5.82 Å². The lowest BCUT2D eigenvalue weighted by atomic mass is 9.96. The van der Waals surface area contributed by atoms with Crippen LogP contribution in [-0.4, -0.2) is 30.5 Å². The zero-order valence-electron chi connectivity index (χ0n) is 10.7. The second kappa shape index (κ2) is 4.52. The molecule has 0 aliphatic heterocycles. The minimum atomic E-state index is 0.431. The summed E-state index contributed by atoms with van der Waals surface area (Å²) in [6.45, 7) is 0. The van der Waals surface area contributed by atoms with Gasteiger partial charge in [-0.25, -0.2) is 0 Å². The third-order valence-electron chi connectivity index (χ3n) is 3.49. The molecule has 20 heavy (non-hydrogen) atoms. The summed E-state index contributed by atoms with van der Waals surface area (Å²) < 4.78 is 5.32. The highest BCUT2D eigenvalue weighted by Crippen LogP contribution is 2.29. The lowest BCUT2D eigenvalue weighted by molar-refractivity contribution is 0.430. The molecule has 0 saturated heterocycles. The van der Waals surface area contributed by atoms with Crippen molar-refractivity contribution < 1.29 is 4.52 Å². The molecular weight excluding hydrogens is 256 g/mol. The van der Waals surface area contributed by atoms with Crippen LogP contribution in [0.25, 0.3) is 23.1 Å². The third-order valence-corrected chi connectivity index (χ3v) is 3.49. The molecule has 3 heterocycles. The summed E-state index contributed by atoms with van der Waals surface area (Å²) in [5.41, 5.74) is 3.74. The van der Waals surface area contributed by atoms with E-state index in [4.69, 9.17) is 4.52 Å². The van der Waals surface area contributed by atoms with Gasteiger partial charge in [0, 0.05) is 17.5 Å². The van der Waals surface area contributed by atoms with Gasteiger partial charge in [-0.15, -0.1) is 5.10 Å². The van der Waals surface area contributed by atoms with E-state index in [0.29, 0.717) is 17.4 Å². The van der Waals surface area contributed by atoms with Crippen LogP contribution in [0.5, 0.6) is 0 Å². The molecule has 4 rings (SSSR count). The van der Waals surface area contributed by atoms with E-state index in [2.05, 4.69) is 30.5 Å². The first-order valence-electron chi connectivity index (χ1n) is 6.60. The van der Waals surface area contributed by atoms with E-state index < -0.39 is 0 Å². The lowest BCUT2D eigenvalue weighted by Gasteiger charge is -2.09. The molecule has 0 bridgehead atoms.